The van der Waals surface area contributed by atoms with E-state index in [0.717, 1.165) is 52.5 Å². The summed E-state index contributed by atoms with van der Waals surface area (Å²) < 4.78 is 5.66. The molecule has 1 aromatic carbocycles. The van der Waals surface area contributed by atoms with E-state index >= 15 is 0 Å². The van der Waals surface area contributed by atoms with Crippen LogP contribution >= 0.6 is 11.6 Å². The first kappa shape index (κ1) is 18.2. The summed E-state index contributed by atoms with van der Waals surface area (Å²) in [6.07, 6.45) is 5.89. The Morgan fingerprint density at radius 3 is 2.56 bits per heavy atom. The number of ether oxygens (including phenoxy) is 1. The zero-order valence-corrected chi connectivity index (χ0v) is 16.3. The van der Waals surface area contributed by atoms with E-state index in [2.05, 4.69) is 22.0 Å². The van der Waals surface area contributed by atoms with Crippen molar-refractivity contribution < 1.29 is 4.74 Å². The van der Waals surface area contributed by atoms with Gasteiger partial charge in [-0.1, -0.05) is 23.7 Å². The minimum Gasteiger partial charge on any atom is -0.381 e. The number of hydrogen-bond donors (Lipinski definition) is 1. The van der Waals surface area contributed by atoms with Crippen molar-refractivity contribution >= 4 is 11.6 Å². The van der Waals surface area contributed by atoms with Crippen molar-refractivity contribution in [2.24, 2.45) is 0 Å². The van der Waals surface area contributed by atoms with E-state index in [0.29, 0.717) is 0 Å². The van der Waals surface area contributed by atoms with Gasteiger partial charge in [-0.05, 0) is 49.7 Å². The number of halogens is 1. The van der Waals surface area contributed by atoms with E-state index in [4.69, 9.17) is 21.4 Å². The van der Waals surface area contributed by atoms with Crippen LogP contribution in [0.1, 0.15) is 24.6 Å². The zero-order chi connectivity index (χ0) is 18.8. The standard InChI is InChI=1S/C21H23ClN4O/c1-26-12-9-17(27-2)13-18(26)21-19(14-7-10-23-11-8-14)20(24-25-21)15-3-5-16(22)6-4-15/h3-8,10-11,17-18H,9,12-13H2,1-2H3,(H,24,25). The Balaban J connectivity index is 1.83. The van der Waals surface area contributed by atoms with Gasteiger partial charge in [0, 0.05) is 42.2 Å². The molecule has 1 fully saturated rings. The van der Waals surface area contributed by atoms with Gasteiger partial charge in [0.1, 0.15) is 5.69 Å². The maximum Gasteiger partial charge on any atom is 0.100 e. The summed E-state index contributed by atoms with van der Waals surface area (Å²) in [7, 11) is 3.96. The number of pyridine rings is 1. The van der Waals surface area contributed by atoms with Gasteiger partial charge in [0.15, 0.2) is 0 Å². The molecule has 27 heavy (non-hydrogen) atoms. The van der Waals surface area contributed by atoms with E-state index < -0.39 is 0 Å². The van der Waals surface area contributed by atoms with E-state index in [1.165, 1.54) is 0 Å². The second-order valence-corrected chi connectivity index (χ2v) is 7.42. The minimum absolute atomic E-state index is 0.223. The van der Waals surface area contributed by atoms with Crippen molar-refractivity contribution in [3.8, 4) is 22.4 Å². The molecular weight excluding hydrogens is 360 g/mol. The Hall–Kier alpha value is -2.21. The second-order valence-electron chi connectivity index (χ2n) is 6.98. The molecule has 2 atom stereocenters. The third-order valence-electron chi connectivity index (χ3n) is 5.37. The lowest BCUT2D eigenvalue weighted by molar-refractivity contribution is 0.0191. The average Bonchev–Trinajstić information content (AvgIpc) is 3.14. The molecule has 2 unspecified atom stereocenters. The van der Waals surface area contributed by atoms with Crippen LogP contribution in [0.25, 0.3) is 22.4 Å². The van der Waals surface area contributed by atoms with Gasteiger partial charge >= 0.3 is 0 Å². The van der Waals surface area contributed by atoms with Crippen LogP contribution in [0.4, 0.5) is 0 Å². The van der Waals surface area contributed by atoms with Gasteiger partial charge in [0.05, 0.1) is 17.8 Å². The highest BCUT2D eigenvalue weighted by atomic mass is 35.5. The lowest BCUT2D eigenvalue weighted by Gasteiger charge is -2.36. The number of hydrogen-bond acceptors (Lipinski definition) is 4. The monoisotopic (exact) mass is 382 g/mol. The van der Waals surface area contributed by atoms with Crippen molar-refractivity contribution in [1.82, 2.24) is 20.1 Å². The Morgan fingerprint density at radius 1 is 1.11 bits per heavy atom. The molecule has 0 radical (unpaired) electrons. The highest BCUT2D eigenvalue weighted by Gasteiger charge is 2.32. The Labute approximate surface area is 164 Å². The molecule has 2 aromatic heterocycles. The molecule has 0 spiro atoms. The van der Waals surface area contributed by atoms with Crippen LogP contribution < -0.4 is 0 Å². The predicted octanol–water partition coefficient (Wildman–Crippen LogP) is 4.57. The predicted molar refractivity (Wildman–Crippen MR) is 108 cm³/mol. The van der Waals surface area contributed by atoms with E-state index in [9.17, 15) is 0 Å². The molecule has 140 valence electrons. The third kappa shape index (κ3) is 3.63. The number of methoxy groups -OCH3 is 1. The molecule has 1 N–H and O–H groups in total. The SMILES string of the molecule is COC1CCN(C)C(c2[nH]nc(-c3ccc(Cl)cc3)c2-c2ccncc2)C1. The molecule has 3 aromatic rings. The molecule has 5 nitrogen and oxygen atoms in total. The number of H-pyrrole nitrogens is 1. The normalized spacial score (nSPS) is 20.7. The van der Waals surface area contributed by atoms with Crippen LogP contribution in [-0.2, 0) is 4.74 Å². The molecule has 1 saturated heterocycles. The van der Waals surface area contributed by atoms with Crippen molar-refractivity contribution in [2.45, 2.75) is 25.0 Å². The fourth-order valence-electron chi connectivity index (χ4n) is 3.83. The number of benzene rings is 1. The van der Waals surface area contributed by atoms with Gasteiger partial charge in [-0.15, -0.1) is 0 Å². The maximum absolute atomic E-state index is 6.08. The smallest absolute Gasteiger partial charge is 0.100 e. The number of nitrogens with zero attached hydrogens (tertiary/aromatic N) is 3. The summed E-state index contributed by atoms with van der Waals surface area (Å²) >= 11 is 6.08. The van der Waals surface area contributed by atoms with Gasteiger partial charge in [-0.2, -0.15) is 5.10 Å². The van der Waals surface area contributed by atoms with Gasteiger partial charge in [-0.3, -0.25) is 15.0 Å². The van der Waals surface area contributed by atoms with E-state index in [-0.39, 0.29) is 12.1 Å². The first-order valence-electron chi connectivity index (χ1n) is 9.15. The molecule has 4 rings (SSSR count). The highest BCUT2D eigenvalue weighted by molar-refractivity contribution is 6.30. The third-order valence-corrected chi connectivity index (χ3v) is 5.62. The number of rotatable bonds is 4. The summed E-state index contributed by atoms with van der Waals surface area (Å²) in [5.74, 6) is 0. The molecule has 0 aliphatic carbocycles. The molecule has 0 amide bonds. The summed E-state index contributed by atoms with van der Waals surface area (Å²) in [4.78, 5) is 6.55. The molecular formula is C21H23ClN4O. The minimum atomic E-state index is 0.223. The summed E-state index contributed by atoms with van der Waals surface area (Å²) in [6, 6.07) is 12.1. The van der Waals surface area contributed by atoms with Gasteiger partial charge in [-0.25, -0.2) is 0 Å². The first-order valence-corrected chi connectivity index (χ1v) is 9.52. The zero-order valence-electron chi connectivity index (χ0n) is 15.5. The van der Waals surface area contributed by atoms with Crippen molar-refractivity contribution in [3.05, 3.63) is 59.5 Å². The fraction of sp³-hybridized carbons (Fsp3) is 0.333. The van der Waals surface area contributed by atoms with Crippen LogP contribution in [0.5, 0.6) is 0 Å². The van der Waals surface area contributed by atoms with Crippen molar-refractivity contribution in [3.63, 3.8) is 0 Å². The van der Waals surface area contributed by atoms with Crippen LogP contribution in [0, 0.1) is 0 Å². The maximum atomic E-state index is 6.08. The largest absolute Gasteiger partial charge is 0.381 e. The Morgan fingerprint density at radius 2 is 1.85 bits per heavy atom. The fourth-order valence-corrected chi connectivity index (χ4v) is 3.95. The number of likely N-dealkylation sites (tertiary alicyclic amines) is 1. The summed E-state index contributed by atoms with van der Waals surface area (Å²) in [6.45, 7) is 0.994. The van der Waals surface area contributed by atoms with Gasteiger partial charge in [0.25, 0.3) is 0 Å². The van der Waals surface area contributed by atoms with E-state index in [1.807, 2.05) is 48.8 Å². The first-order chi connectivity index (χ1) is 13.2. The lowest BCUT2D eigenvalue weighted by atomic mass is 9.91. The molecule has 1 aliphatic rings. The number of nitrogens with one attached hydrogen (secondary N) is 1. The van der Waals surface area contributed by atoms with Gasteiger partial charge in [0.2, 0.25) is 0 Å². The quantitative estimate of drug-likeness (QED) is 0.717. The van der Waals surface area contributed by atoms with Gasteiger partial charge < -0.3 is 4.74 Å². The van der Waals surface area contributed by atoms with Crippen molar-refractivity contribution in [2.75, 3.05) is 20.7 Å². The highest BCUT2D eigenvalue weighted by Crippen LogP contribution is 2.40. The Bertz CT molecular complexity index is 894. The number of piperidine rings is 1. The molecule has 3 heterocycles. The molecule has 0 saturated carbocycles. The van der Waals surface area contributed by atoms with Crippen molar-refractivity contribution in [1.29, 1.82) is 0 Å². The summed E-state index contributed by atoms with van der Waals surface area (Å²) in [5.41, 5.74) is 5.31. The number of aromatic nitrogens is 3. The van der Waals surface area contributed by atoms with Crippen LogP contribution in [0.15, 0.2) is 48.8 Å². The van der Waals surface area contributed by atoms with Crippen LogP contribution in [-0.4, -0.2) is 46.9 Å². The average molecular weight is 383 g/mol. The lowest BCUT2D eigenvalue weighted by Crippen LogP contribution is -2.37. The molecule has 6 heteroatoms. The number of aromatic amines is 1. The van der Waals surface area contributed by atoms with Crippen LogP contribution in [0.2, 0.25) is 5.02 Å². The Kier molecular flexibility index (Phi) is 5.25. The summed E-state index contributed by atoms with van der Waals surface area (Å²) in [5, 5.41) is 8.74. The molecule has 1 aliphatic heterocycles. The molecule has 0 bridgehead atoms. The van der Waals surface area contributed by atoms with E-state index in [1.54, 1.807) is 7.11 Å². The second kappa shape index (κ2) is 7.80. The van der Waals surface area contributed by atoms with Crippen LogP contribution in [0.3, 0.4) is 0 Å². The topological polar surface area (TPSA) is 54.0 Å².